The number of halogens is 2. The largest absolute Gasteiger partial charge is 0.480 e. The van der Waals surface area contributed by atoms with Crippen LogP contribution >= 0.6 is 15.9 Å². The summed E-state index contributed by atoms with van der Waals surface area (Å²) in [5, 5.41) is 11.4. The SMILES string of the molecule is CCC(C)C(NC(=O)c1c(F)cccc1Br)C(=O)O. The van der Waals surface area contributed by atoms with E-state index in [1.54, 1.807) is 6.92 Å². The number of amides is 1. The number of benzene rings is 1. The van der Waals surface area contributed by atoms with Crippen LogP contribution in [0.5, 0.6) is 0 Å². The molecule has 0 fully saturated rings. The molecule has 0 radical (unpaired) electrons. The van der Waals surface area contributed by atoms with Crippen LogP contribution in [0, 0.1) is 11.7 Å². The zero-order valence-corrected chi connectivity index (χ0v) is 12.2. The zero-order chi connectivity index (χ0) is 14.6. The minimum Gasteiger partial charge on any atom is -0.480 e. The Kier molecular flexibility index (Phi) is 5.47. The minimum absolute atomic E-state index is 0.183. The number of nitrogens with one attached hydrogen (secondary N) is 1. The van der Waals surface area contributed by atoms with Crippen LogP contribution in [-0.4, -0.2) is 23.0 Å². The van der Waals surface area contributed by atoms with Crippen LogP contribution in [-0.2, 0) is 4.79 Å². The summed E-state index contributed by atoms with van der Waals surface area (Å²) in [7, 11) is 0. The minimum atomic E-state index is -1.13. The molecule has 1 aromatic rings. The molecule has 0 heterocycles. The maximum Gasteiger partial charge on any atom is 0.326 e. The van der Waals surface area contributed by atoms with Gasteiger partial charge in [-0.2, -0.15) is 0 Å². The molecule has 0 aromatic heterocycles. The second-order valence-electron chi connectivity index (χ2n) is 4.27. The summed E-state index contributed by atoms with van der Waals surface area (Å²) >= 11 is 3.08. The van der Waals surface area contributed by atoms with Crippen molar-refractivity contribution in [2.75, 3.05) is 0 Å². The molecule has 2 N–H and O–H groups in total. The predicted molar refractivity (Wildman–Crippen MR) is 72.4 cm³/mol. The summed E-state index contributed by atoms with van der Waals surface area (Å²) in [5.74, 6) is -2.81. The highest BCUT2D eigenvalue weighted by molar-refractivity contribution is 9.10. The van der Waals surface area contributed by atoms with E-state index in [1.165, 1.54) is 12.1 Å². The van der Waals surface area contributed by atoms with Crippen molar-refractivity contribution in [2.45, 2.75) is 26.3 Å². The molecule has 0 saturated heterocycles. The second-order valence-corrected chi connectivity index (χ2v) is 5.13. The van der Waals surface area contributed by atoms with E-state index < -0.39 is 23.7 Å². The fourth-order valence-corrected chi connectivity index (χ4v) is 2.13. The highest BCUT2D eigenvalue weighted by Crippen LogP contribution is 2.20. The summed E-state index contributed by atoms with van der Waals surface area (Å²) in [6.45, 7) is 3.54. The lowest BCUT2D eigenvalue weighted by molar-refractivity contribution is -0.140. The van der Waals surface area contributed by atoms with Crippen LogP contribution in [0.25, 0.3) is 0 Å². The van der Waals surface area contributed by atoms with Crippen LogP contribution < -0.4 is 5.32 Å². The molecule has 0 aliphatic carbocycles. The number of hydrogen-bond acceptors (Lipinski definition) is 2. The van der Waals surface area contributed by atoms with Gasteiger partial charge in [-0.25, -0.2) is 9.18 Å². The molecular weight excluding hydrogens is 317 g/mol. The third-order valence-electron chi connectivity index (χ3n) is 2.96. The van der Waals surface area contributed by atoms with E-state index in [0.29, 0.717) is 10.9 Å². The Labute approximate surface area is 119 Å². The fraction of sp³-hybridized carbons (Fsp3) is 0.385. The normalized spacial score (nSPS) is 13.7. The molecule has 104 valence electrons. The van der Waals surface area contributed by atoms with Gasteiger partial charge >= 0.3 is 5.97 Å². The van der Waals surface area contributed by atoms with Crippen molar-refractivity contribution in [3.63, 3.8) is 0 Å². The number of rotatable bonds is 5. The molecular formula is C13H15BrFNO3. The first-order valence-electron chi connectivity index (χ1n) is 5.86. The van der Waals surface area contributed by atoms with Gasteiger partial charge < -0.3 is 10.4 Å². The van der Waals surface area contributed by atoms with Crippen molar-refractivity contribution in [1.29, 1.82) is 0 Å². The molecule has 6 heteroatoms. The maximum atomic E-state index is 13.6. The summed E-state index contributed by atoms with van der Waals surface area (Å²) in [6, 6.07) is 3.10. The van der Waals surface area contributed by atoms with Crippen molar-refractivity contribution in [1.82, 2.24) is 5.32 Å². The Morgan fingerprint density at radius 2 is 2.11 bits per heavy atom. The van der Waals surface area contributed by atoms with Crippen molar-refractivity contribution in [2.24, 2.45) is 5.92 Å². The van der Waals surface area contributed by atoms with Gasteiger partial charge in [0.15, 0.2) is 0 Å². The van der Waals surface area contributed by atoms with Crippen LogP contribution in [0.15, 0.2) is 22.7 Å². The van der Waals surface area contributed by atoms with E-state index in [0.717, 1.165) is 6.07 Å². The number of carboxylic acids is 1. The van der Waals surface area contributed by atoms with Gasteiger partial charge in [0.25, 0.3) is 5.91 Å². The topological polar surface area (TPSA) is 66.4 Å². The van der Waals surface area contributed by atoms with Gasteiger partial charge in [-0.15, -0.1) is 0 Å². The van der Waals surface area contributed by atoms with E-state index in [9.17, 15) is 14.0 Å². The van der Waals surface area contributed by atoms with Crippen LogP contribution in [0.2, 0.25) is 0 Å². The van der Waals surface area contributed by atoms with Crippen molar-refractivity contribution >= 4 is 27.8 Å². The van der Waals surface area contributed by atoms with Gasteiger partial charge in [-0.3, -0.25) is 4.79 Å². The van der Waals surface area contributed by atoms with Gasteiger partial charge in [-0.1, -0.05) is 26.3 Å². The molecule has 2 atom stereocenters. The van der Waals surface area contributed by atoms with Gasteiger partial charge in [0, 0.05) is 4.47 Å². The molecule has 0 saturated carbocycles. The lowest BCUT2D eigenvalue weighted by Crippen LogP contribution is -2.45. The third kappa shape index (κ3) is 3.76. The number of carbonyl (C=O) groups is 2. The number of hydrogen-bond donors (Lipinski definition) is 2. The van der Waals surface area contributed by atoms with Crippen LogP contribution in [0.3, 0.4) is 0 Å². The van der Waals surface area contributed by atoms with E-state index >= 15 is 0 Å². The predicted octanol–water partition coefficient (Wildman–Crippen LogP) is 2.82. The lowest BCUT2D eigenvalue weighted by atomic mass is 9.99. The van der Waals surface area contributed by atoms with Gasteiger partial charge in [0.2, 0.25) is 0 Å². The first-order chi connectivity index (χ1) is 8.88. The van der Waals surface area contributed by atoms with E-state index in [2.05, 4.69) is 21.2 Å². The molecule has 0 aliphatic heterocycles. The Bertz CT molecular complexity index is 473. The molecule has 1 amide bonds. The quantitative estimate of drug-likeness (QED) is 0.871. The smallest absolute Gasteiger partial charge is 0.326 e. The Hall–Kier alpha value is -1.43. The van der Waals surface area contributed by atoms with Crippen molar-refractivity contribution in [3.05, 3.63) is 34.1 Å². The number of carbonyl (C=O) groups excluding carboxylic acids is 1. The molecule has 19 heavy (non-hydrogen) atoms. The molecule has 1 aromatic carbocycles. The fourth-order valence-electron chi connectivity index (χ4n) is 1.61. The maximum absolute atomic E-state index is 13.6. The van der Waals surface area contributed by atoms with E-state index in [1.807, 2.05) is 6.92 Å². The Balaban J connectivity index is 2.98. The highest BCUT2D eigenvalue weighted by Gasteiger charge is 2.27. The Morgan fingerprint density at radius 1 is 1.47 bits per heavy atom. The Morgan fingerprint density at radius 3 is 2.58 bits per heavy atom. The second kappa shape index (κ2) is 6.65. The summed E-state index contributed by atoms with van der Waals surface area (Å²) in [6.07, 6.45) is 0.593. The highest BCUT2D eigenvalue weighted by atomic mass is 79.9. The lowest BCUT2D eigenvalue weighted by Gasteiger charge is -2.20. The van der Waals surface area contributed by atoms with E-state index in [-0.39, 0.29) is 11.5 Å². The van der Waals surface area contributed by atoms with Crippen molar-refractivity contribution < 1.29 is 19.1 Å². The molecule has 0 bridgehead atoms. The monoisotopic (exact) mass is 331 g/mol. The average molecular weight is 332 g/mol. The van der Waals surface area contributed by atoms with Gasteiger partial charge in [-0.05, 0) is 34.0 Å². The first kappa shape index (κ1) is 15.6. The van der Waals surface area contributed by atoms with Gasteiger partial charge in [0.05, 0.1) is 5.56 Å². The summed E-state index contributed by atoms with van der Waals surface area (Å²) in [5.41, 5.74) is -0.183. The molecule has 1 rings (SSSR count). The average Bonchev–Trinajstić information content (AvgIpc) is 2.34. The van der Waals surface area contributed by atoms with Crippen molar-refractivity contribution in [3.8, 4) is 0 Å². The van der Waals surface area contributed by atoms with Crippen LogP contribution in [0.1, 0.15) is 30.6 Å². The molecule has 2 unspecified atom stereocenters. The van der Waals surface area contributed by atoms with Gasteiger partial charge in [0.1, 0.15) is 11.9 Å². The number of aliphatic carboxylic acids is 1. The summed E-state index contributed by atoms with van der Waals surface area (Å²) in [4.78, 5) is 23.1. The zero-order valence-electron chi connectivity index (χ0n) is 10.6. The third-order valence-corrected chi connectivity index (χ3v) is 3.62. The van der Waals surface area contributed by atoms with Crippen LogP contribution in [0.4, 0.5) is 4.39 Å². The van der Waals surface area contributed by atoms with E-state index in [4.69, 9.17) is 5.11 Å². The molecule has 0 spiro atoms. The molecule has 0 aliphatic rings. The first-order valence-corrected chi connectivity index (χ1v) is 6.65. The number of carboxylic acid groups (broad SMARTS) is 1. The molecule has 4 nitrogen and oxygen atoms in total. The standard InChI is InChI=1S/C13H15BrFNO3/c1-3-7(2)11(13(18)19)16-12(17)10-8(14)5-4-6-9(10)15/h4-7,11H,3H2,1-2H3,(H,16,17)(H,18,19). The summed E-state index contributed by atoms with van der Waals surface area (Å²) < 4.78 is 13.9.